The first-order valence-corrected chi connectivity index (χ1v) is 12.6. The van der Waals surface area contributed by atoms with Gasteiger partial charge >= 0.3 is 6.03 Å². The quantitative estimate of drug-likeness (QED) is 0.451. The fraction of sp³-hybridized carbons (Fsp3) is 0.429. The average molecular weight is 477 g/mol. The highest BCUT2D eigenvalue weighted by molar-refractivity contribution is 7.89. The number of anilines is 2. The number of aromatic nitrogens is 2. The molecule has 0 unspecified atom stereocenters. The van der Waals surface area contributed by atoms with Crippen LogP contribution in [-0.4, -0.2) is 69.4 Å². The third-order valence-electron chi connectivity index (χ3n) is 4.80. The smallest absolute Gasteiger partial charge is 0.319 e. The lowest BCUT2D eigenvalue weighted by Gasteiger charge is -2.28. The summed E-state index contributed by atoms with van der Waals surface area (Å²) in [5.74, 6) is 0.460. The number of nitrogens with one attached hydrogen (secondary N) is 2. The van der Waals surface area contributed by atoms with Crippen molar-refractivity contribution in [2.24, 2.45) is 5.73 Å². The predicted octanol–water partition coefficient (Wildman–Crippen LogP) is 0.912. The van der Waals surface area contributed by atoms with Gasteiger partial charge in [-0.15, -0.1) is 0 Å². The first kappa shape index (κ1) is 24.4. The SMILES string of the molecule is CS(=O)(=O)Cc1cc(N2CCOCC2)nc(-c2ccc(NC(=O)NCCCC(N)=O)cc2)n1. The number of nitrogens with two attached hydrogens (primary N) is 1. The number of sulfone groups is 1. The number of rotatable bonds is 9. The summed E-state index contributed by atoms with van der Waals surface area (Å²) in [4.78, 5) is 33.8. The van der Waals surface area contributed by atoms with Gasteiger partial charge in [-0.3, -0.25) is 4.79 Å². The van der Waals surface area contributed by atoms with E-state index in [-0.39, 0.29) is 12.2 Å². The molecule has 1 aliphatic heterocycles. The summed E-state index contributed by atoms with van der Waals surface area (Å²) in [6.07, 6.45) is 1.84. The molecule has 12 heteroatoms. The molecule has 3 amide bonds. The molecule has 2 aromatic rings. The van der Waals surface area contributed by atoms with Gasteiger partial charge < -0.3 is 26.0 Å². The van der Waals surface area contributed by atoms with E-state index < -0.39 is 21.8 Å². The fourth-order valence-electron chi connectivity index (χ4n) is 3.25. The van der Waals surface area contributed by atoms with Crippen molar-refractivity contribution >= 4 is 33.3 Å². The minimum atomic E-state index is -3.27. The van der Waals surface area contributed by atoms with Crippen LogP contribution in [0.5, 0.6) is 0 Å². The lowest BCUT2D eigenvalue weighted by molar-refractivity contribution is -0.118. The number of ether oxygens (including phenoxy) is 1. The van der Waals surface area contributed by atoms with E-state index in [2.05, 4.69) is 20.6 Å². The highest BCUT2D eigenvalue weighted by Crippen LogP contribution is 2.23. The highest BCUT2D eigenvalue weighted by Gasteiger charge is 2.17. The van der Waals surface area contributed by atoms with Gasteiger partial charge in [-0.05, 0) is 30.7 Å². The molecule has 2 heterocycles. The Morgan fingerprint density at radius 1 is 1.15 bits per heavy atom. The number of nitrogens with zero attached hydrogens (tertiary/aromatic N) is 3. The summed E-state index contributed by atoms with van der Waals surface area (Å²) < 4.78 is 29.1. The Morgan fingerprint density at radius 2 is 1.85 bits per heavy atom. The Labute approximate surface area is 192 Å². The summed E-state index contributed by atoms with van der Waals surface area (Å²) in [6.45, 7) is 2.80. The first-order chi connectivity index (χ1) is 15.7. The van der Waals surface area contributed by atoms with Crippen LogP contribution in [0.2, 0.25) is 0 Å². The van der Waals surface area contributed by atoms with Gasteiger partial charge in [-0.25, -0.2) is 23.2 Å². The average Bonchev–Trinajstić information content (AvgIpc) is 2.76. The Hall–Kier alpha value is -3.25. The fourth-order valence-corrected chi connectivity index (χ4v) is 3.94. The second-order valence-corrected chi connectivity index (χ2v) is 9.88. The van der Waals surface area contributed by atoms with Crippen molar-refractivity contribution in [3.63, 3.8) is 0 Å². The van der Waals surface area contributed by atoms with E-state index in [0.29, 0.717) is 67.9 Å². The van der Waals surface area contributed by atoms with E-state index in [1.165, 1.54) is 6.26 Å². The third-order valence-corrected chi connectivity index (χ3v) is 5.62. The number of benzene rings is 1. The number of carbonyl (C=O) groups excluding carboxylic acids is 2. The largest absolute Gasteiger partial charge is 0.378 e. The minimum absolute atomic E-state index is 0.185. The van der Waals surface area contributed by atoms with Crippen LogP contribution in [0.1, 0.15) is 18.5 Å². The van der Waals surface area contributed by atoms with Crippen LogP contribution in [0.3, 0.4) is 0 Å². The van der Waals surface area contributed by atoms with Gasteiger partial charge in [0.25, 0.3) is 0 Å². The maximum Gasteiger partial charge on any atom is 0.319 e. The number of urea groups is 1. The Morgan fingerprint density at radius 3 is 2.48 bits per heavy atom. The molecule has 0 aliphatic carbocycles. The molecule has 1 aliphatic rings. The number of morpholine rings is 1. The molecular weight excluding hydrogens is 448 g/mol. The monoisotopic (exact) mass is 476 g/mol. The molecule has 11 nitrogen and oxygen atoms in total. The van der Waals surface area contributed by atoms with E-state index in [1.807, 2.05) is 4.90 Å². The summed E-state index contributed by atoms with van der Waals surface area (Å²) in [5.41, 5.74) is 6.74. The Bertz CT molecular complexity index is 1080. The van der Waals surface area contributed by atoms with E-state index in [4.69, 9.17) is 10.5 Å². The maximum absolute atomic E-state index is 12.0. The van der Waals surface area contributed by atoms with Gasteiger partial charge in [-0.2, -0.15) is 0 Å². The molecule has 0 atom stereocenters. The van der Waals surface area contributed by atoms with Crippen molar-refractivity contribution in [2.75, 3.05) is 49.3 Å². The molecule has 178 valence electrons. The Balaban J connectivity index is 1.73. The van der Waals surface area contributed by atoms with Crippen LogP contribution in [-0.2, 0) is 25.1 Å². The van der Waals surface area contributed by atoms with Gasteiger partial charge in [0.05, 0.1) is 24.7 Å². The Kier molecular flexibility index (Phi) is 8.17. The molecule has 1 fully saturated rings. The van der Waals surface area contributed by atoms with Gasteiger partial charge in [0.15, 0.2) is 15.7 Å². The van der Waals surface area contributed by atoms with E-state index in [1.54, 1.807) is 30.3 Å². The molecule has 0 spiro atoms. The predicted molar refractivity (Wildman–Crippen MR) is 124 cm³/mol. The third kappa shape index (κ3) is 7.99. The first-order valence-electron chi connectivity index (χ1n) is 10.5. The van der Waals surface area contributed by atoms with Gasteiger partial charge in [-0.1, -0.05) is 0 Å². The molecule has 0 bridgehead atoms. The van der Waals surface area contributed by atoms with Crippen molar-refractivity contribution in [1.29, 1.82) is 0 Å². The minimum Gasteiger partial charge on any atom is -0.378 e. The summed E-state index contributed by atoms with van der Waals surface area (Å²) in [6, 6.07) is 8.23. The number of carbonyl (C=O) groups is 2. The second kappa shape index (κ2) is 11.1. The number of primary amides is 1. The van der Waals surface area contributed by atoms with Crippen LogP contribution in [0, 0.1) is 0 Å². The van der Waals surface area contributed by atoms with Crippen LogP contribution in [0.4, 0.5) is 16.3 Å². The zero-order chi connectivity index (χ0) is 23.8. The topological polar surface area (TPSA) is 157 Å². The molecular formula is C21H28N6O5S. The number of amides is 3. The normalized spacial score (nSPS) is 14.0. The molecule has 3 rings (SSSR count). The summed E-state index contributed by atoms with van der Waals surface area (Å²) in [7, 11) is -3.27. The van der Waals surface area contributed by atoms with Crippen molar-refractivity contribution in [2.45, 2.75) is 18.6 Å². The molecule has 0 radical (unpaired) electrons. The van der Waals surface area contributed by atoms with Crippen molar-refractivity contribution < 1.29 is 22.7 Å². The van der Waals surface area contributed by atoms with Gasteiger partial charge in [0.2, 0.25) is 5.91 Å². The van der Waals surface area contributed by atoms with Crippen molar-refractivity contribution in [3.8, 4) is 11.4 Å². The zero-order valence-electron chi connectivity index (χ0n) is 18.4. The zero-order valence-corrected chi connectivity index (χ0v) is 19.2. The van der Waals surface area contributed by atoms with Gasteiger partial charge in [0.1, 0.15) is 5.82 Å². The van der Waals surface area contributed by atoms with Crippen LogP contribution >= 0.6 is 0 Å². The molecule has 0 saturated carbocycles. The molecule has 1 aromatic carbocycles. The maximum atomic E-state index is 12.0. The van der Waals surface area contributed by atoms with Crippen LogP contribution < -0.4 is 21.3 Å². The second-order valence-electron chi connectivity index (χ2n) is 7.74. The molecule has 33 heavy (non-hydrogen) atoms. The molecule has 1 aromatic heterocycles. The van der Waals surface area contributed by atoms with Crippen LogP contribution in [0.25, 0.3) is 11.4 Å². The number of hydrogen-bond donors (Lipinski definition) is 3. The van der Waals surface area contributed by atoms with Crippen LogP contribution in [0.15, 0.2) is 30.3 Å². The molecule has 1 saturated heterocycles. The summed E-state index contributed by atoms with van der Waals surface area (Å²) in [5, 5.41) is 5.36. The van der Waals surface area contributed by atoms with E-state index in [0.717, 1.165) is 0 Å². The summed E-state index contributed by atoms with van der Waals surface area (Å²) >= 11 is 0. The van der Waals surface area contributed by atoms with Gasteiger partial charge in [0, 0.05) is 49.6 Å². The van der Waals surface area contributed by atoms with Crippen molar-refractivity contribution in [1.82, 2.24) is 15.3 Å². The lowest BCUT2D eigenvalue weighted by atomic mass is 10.2. The molecule has 4 N–H and O–H groups in total. The van der Waals surface area contributed by atoms with E-state index >= 15 is 0 Å². The highest BCUT2D eigenvalue weighted by atomic mass is 32.2. The van der Waals surface area contributed by atoms with E-state index in [9.17, 15) is 18.0 Å². The lowest BCUT2D eigenvalue weighted by Crippen LogP contribution is -2.37. The standard InChI is InChI=1S/C21H28N6O5S/c1-33(30,31)14-17-13-19(27-9-11-32-12-10-27)26-20(24-17)15-4-6-16(7-5-15)25-21(29)23-8-2-3-18(22)28/h4-7,13H,2-3,8-12,14H2,1H3,(H2,22,28)(H2,23,25,29). The van der Waals surface area contributed by atoms with Crippen molar-refractivity contribution in [3.05, 3.63) is 36.0 Å². The number of hydrogen-bond acceptors (Lipinski definition) is 8.